The number of anilines is 1. The lowest BCUT2D eigenvalue weighted by Crippen LogP contribution is -3.00. The molecule has 3 nitrogen and oxygen atoms in total. The van der Waals surface area contributed by atoms with E-state index in [9.17, 15) is 4.79 Å². The number of aliphatic imine (C=N–C) groups is 1. The van der Waals surface area contributed by atoms with Crippen LogP contribution in [0, 0.1) is 0 Å². The number of para-hydroxylation sites is 1. The second kappa shape index (κ2) is 8.52. The first-order valence-corrected chi connectivity index (χ1v) is 9.40. The van der Waals surface area contributed by atoms with Gasteiger partial charge >= 0.3 is 0 Å². The van der Waals surface area contributed by atoms with E-state index in [1.165, 1.54) is 0 Å². The highest BCUT2D eigenvalue weighted by Crippen LogP contribution is 2.35. The third-order valence-electron chi connectivity index (χ3n) is 3.73. The molecule has 0 saturated carbocycles. The second-order valence-electron chi connectivity index (χ2n) is 6.31. The Morgan fingerprint density at radius 1 is 1.16 bits per heavy atom. The molecule has 1 heterocycles. The zero-order valence-corrected chi connectivity index (χ0v) is 18.1. The van der Waals surface area contributed by atoms with Crippen LogP contribution in [0.2, 0.25) is 0 Å². The molecule has 6 heteroatoms. The summed E-state index contributed by atoms with van der Waals surface area (Å²) in [6.45, 7) is 5.40. The molecule has 25 heavy (non-hydrogen) atoms. The predicted octanol–water partition coefficient (Wildman–Crippen LogP) is 2.02. The van der Waals surface area contributed by atoms with E-state index < -0.39 is 0 Å². The van der Waals surface area contributed by atoms with Crippen LogP contribution in [0.1, 0.15) is 24.2 Å². The maximum Gasteiger partial charge on any atom is 0.182 e. The summed E-state index contributed by atoms with van der Waals surface area (Å²) in [5, 5.41) is 0.914. The minimum Gasteiger partial charge on any atom is -1.00 e. The van der Waals surface area contributed by atoms with Gasteiger partial charge in [-0.3, -0.25) is 9.79 Å². The SMILES string of the molecule is CC1(C)CN=C(N(CC(=O)c2ccc(Br)cc2)c2ccccc2)S1.[Br-]. The Bertz CT molecular complexity index is 761. The first-order chi connectivity index (χ1) is 11.4. The summed E-state index contributed by atoms with van der Waals surface area (Å²) in [6.07, 6.45) is 0. The molecule has 0 saturated heterocycles. The van der Waals surface area contributed by atoms with Crippen molar-refractivity contribution in [3.63, 3.8) is 0 Å². The highest BCUT2D eigenvalue weighted by Gasteiger charge is 2.31. The summed E-state index contributed by atoms with van der Waals surface area (Å²) in [5.74, 6) is 0.0827. The summed E-state index contributed by atoms with van der Waals surface area (Å²) in [7, 11) is 0. The summed E-state index contributed by atoms with van der Waals surface area (Å²) in [4.78, 5) is 19.4. The Kier molecular flexibility index (Phi) is 6.88. The van der Waals surface area contributed by atoms with Gasteiger partial charge in [-0.2, -0.15) is 0 Å². The number of ketones is 1. The number of hydrogen-bond donors (Lipinski definition) is 0. The van der Waals surface area contributed by atoms with Crippen molar-refractivity contribution in [3.8, 4) is 0 Å². The number of thioether (sulfide) groups is 1. The monoisotopic (exact) mass is 481 g/mol. The first-order valence-electron chi connectivity index (χ1n) is 7.79. The topological polar surface area (TPSA) is 32.7 Å². The molecule has 1 aliphatic rings. The van der Waals surface area contributed by atoms with Gasteiger partial charge in [0.2, 0.25) is 0 Å². The fraction of sp³-hybridized carbons (Fsp3) is 0.263. The quantitative estimate of drug-likeness (QED) is 0.625. The highest BCUT2D eigenvalue weighted by atomic mass is 79.9. The fourth-order valence-corrected chi connectivity index (χ4v) is 3.76. The molecule has 0 fully saturated rings. The van der Waals surface area contributed by atoms with E-state index in [1.807, 2.05) is 59.5 Å². The Morgan fingerprint density at radius 2 is 1.80 bits per heavy atom. The van der Waals surface area contributed by atoms with Crippen LogP contribution in [0.5, 0.6) is 0 Å². The van der Waals surface area contributed by atoms with Crippen LogP contribution in [0.25, 0.3) is 0 Å². The largest absolute Gasteiger partial charge is 1.00 e. The smallest absolute Gasteiger partial charge is 0.182 e. The predicted molar refractivity (Wildman–Crippen MR) is 106 cm³/mol. The van der Waals surface area contributed by atoms with Crippen LogP contribution in [-0.2, 0) is 0 Å². The highest BCUT2D eigenvalue weighted by molar-refractivity contribution is 9.10. The molecule has 0 amide bonds. The normalized spacial score (nSPS) is 15.2. The van der Waals surface area contributed by atoms with E-state index >= 15 is 0 Å². The van der Waals surface area contributed by atoms with E-state index in [4.69, 9.17) is 0 Å². The van der Waals surface area contributed by atoms with E-state index in [2.05, 4.69) is 34.8 Å². The van der Waals surface area contributed by atoms with Gasteiger partial charge in [0.1, 0.15) is 0 Å². The van der Waals surface area contributed by atoms with E-state index in [-0.39, 0.29) is 34.1 Å². The van der Waals surface area contributed by atoms with Crippen LogP contribution in [0.15, 0.2) is 64.1 Å². The number of benzene rings is 2. The number of hydrogen-bond acceptors (Lipinski definition) is 4. The van der Waals surface area contributed by atoms with Crippen LogP contribution in [0.3, 0.4) is 0 Å². The zero-order valence-electron chi connectivity index (χ0n) is 14.1. The average molecular weight is 483 g/mol. The lowest BCUT2D eigenvalue weighted by Gasteiger charge is -2.25. The number of carbonyl (C=O) groups is 1. The van der Waals surface area contributed by atoms with Gasteiger partial charge in [-0.05, 0) is 38.1 Å². The van der Waals surface area contributed by atoms with E-state index in [0.717, 1.165) is 21.9 Å². The van der Waals surface area contributed by atoms with Crippen molar-refractivity contribution in [2.75, 3.05) is 18.0 Å². The fourth-order valence-electron chi connectivity index (χ4n) is 2.46. The van der Waals surface area contributed by atoms with Gasteiger partial charge in [0, 0.05) is 20.5 Å². The van der Waals surface area contributed by atoms with Crippen molar-refractivity contribution in [1.29, 1.82) is 0 Å². The Morgan fingerprint density at radius 3 is 2.36 bits per heavy atom. The molecule has 0 atom stereocenters. The summed E-state index contributed by atoms with van der Waals surface area (Å²) >= 11 is 5.13. The second-order valence-corrected chi connectivity index (χ2v) is 8.90. The molecule has 1 aliphatic heterocycles. The number of carbonyl (C=O) groups excluding carboxylic acids is 1. The lowest BCUT2D eigenvalue weighted by molar-refractivity contribution is -0.0000125. The Balaban J connectivity index is 0.00000225. The van der Waals surface area contributed by atoms with Gasteiger partial charge < -0.3 is 21.9 Å². The lowest BCUT2D eigenvalue weighted by atomic mass is 10.1. The minimum absolute atomic E-state index is 0. The third-order valence-corrected chi connectivity index (χ3v) is 5.47. The van der Waals surface area contributed by atoms with Crippen molar-refractivity contribution in [3.05, 3.63) is 64.6 Å². The van der Waals surface area contributed by atoms with Crippen molar-refractivity contribution < 1.29 is 21.8 Å². The molecule has 2 aromatic carbocycles. The van der Waals surface area contributed by atoms with Crippen molar-refractivity contribution >= 4 is 44.3 Å². The Labute approximate surface area is 171 Å². The number of amidine groups is 1. The van der Waals surface area contributed by atoms with Crippen LogP contribution < -0.4 is 21.9 Å². The first kappa shape index (κ1) is 20.2. The van der Waals surface area contributed by atoms with Gasteiger partial charge in [-0.15, -0.1) is 0 Å². The third kappa shape index (κ3) is 5.19. The average Bonchev–Trinajstić information content (AvgIpc) is 2.93. The molecule has 0 spiro atoms. The summed E-state index contributed by atoms with van der Waals surface area (Å²) < 4.78 is 1.04. The van der Waals surface area contributed by atoms with Crippen LogP contribution in [-0.4, -0.2) is 28.8 Å². The molecule has 0 unspecified atom stereocenters. The van der Waals surface area contributed by atoms with Gasteiger partial charge in [-0.1, -0.05) is 58.0 Å². The molecule has 3 rings (SSSR count). The van der Waals surface area contributed by atoms with Crippen molar-refractivity contribution in [2.24, 2.45) is 4.99 Å². The van der Waals surface area contributed by atoms with Gasteiger partial charge in [-0.25, -0.2) is 0 Å². The molecule has 0 aromatic heterocycles. The summed E-state index contributed by atoms with van der Waals surface area (Å²) in [6, 6.07) is 17.5. The van der Waals surface area contributed by atoms with Crippen LogP contribution in [0.4, 0.5) is 5.69 Å². The zero-order chi connectivity index (χ0) is 17.2. The molecule has 0 N–H and O–H groups in total. The van der Waals surface area contributed by atoms with E-state index in [1.54, 1.807) is 11.8 Å². The van der Waals surface area contributed by atoms with Crippen molar-refractivity contribution in [1.82, 2.24) is 0 Å². The molecule has 132 valence electrons. The minimum atomic E-state index is 0. The van der Waals surface area contributed by atoms with Gasteiger partial charge in [0.15, 0.2) is 11.0 Å². The van der Waals surface area contributed by atoms with E-state index in [0.29, 0.717) is 5.56 Å². The number of rotatable bonds is 4. The molecule has 0 bridgehead atoms. The van der Waals surface area contributed by atoms with Gasteiger partial charge in [0.05, 0.1) is 13.1 Å². The maximum absolute atomic E-state index is 12.7. The molecular formula is C19H19Br2N2OS-. The number of halogens is 2. The molecular weight excluding hydrogens is 464 g/mol. The maximum atomic E-state index is 12.7. The Hall–Kier alpha value is -1.11. The standard InChI is InChI=1S/C19H19BrN2OS.BrH/c1-19(2)13-21-18(24-19)22(16-6-4-3-5-7-16)12-17(23)14-8-10-15(20)11-9-14;/h3-11H,12-13H2,1-2H3;1H/p-1. The van der Waals surface area contributed by atoms with Crippen LogP contribution >= 0.6 is 27.7 Å². The summed E-state index contributed by atoms with van der Waals surface area (Å²) in [5.41, 5.74) is 1.70. The van der Waals surface area contributed by atoms with Crippen molar-refractivity contribution in [2.45, 2.75) is 18.6 Å². The molecule has 2 aromatic rings. The van der Waals surface area contributed by atoms with Gasteiger partial charge in [0.25, 0.3) is 0 Å². The molecule has 0 radical (unpaired) electrons. The molecule has 0 aliphatic carbocycles. The number of Topliss-reactive ketones (excluding diaryl/α,β-unsaturated/α-hetero) is 1. The number of nitrogens with zero attached hydrogens (tertiary/aromatic N) is 2.